The highest BCUT2D eigenvalue weighted by Crippen LogP contribution is 2.23. The normalized spacial score (nSPS) is 9.47. The zero-order chi connectivity index (χ0) is 13.8. The Balaban J connectivity index is 2.34. The molecule has 2 aromatic carbocycles. The van der Waals surface area contributed by atoms with E-state index in [9.17, 15) is 4.39 Å². The summed E-state index contributed by atoms with van der Waals surface area (Å²) >= 11 is 0. The first-order valence-corrected chi connectivity index (χ1v) is 5.61. The highest BCUT2D eigenvalue weighted by Gasteiger charge is 2.05. The molecule has 0 atom stereocenters. The Labute approximate surface area is 110 Å². The van der Waals surface area contributed by atoms with Crippen LogP contribution < -0.4 is 5.32 Å². The second kappa shape index (κ2) is 5.20. The van der Waals surface area contributed by atoms with Gasteiger partial charge in [-0.15, -0.1) is 0 Å². The Hall–Kier alpha value is -2.85. The first-order chi connectivity index (χ1) is 9.13. The number of rotatable bonds is 2. The van der Waals surface area contributed by atoms with Crippen LogP contribution in [0.4, 0.5) is 15.8 Å². The summed E-state index contributed by atoms with van der Waals surface area (Å²) in [7, 11) is 0. The lowest BCUT2D eigenvalue weighted by atomic mass is 10.1. The summed E-state index contributed by atoms with van der Waals surface area (Å²) in [6.07, 6.45) is 0. The molecule has 0 aliphatic heterocycles. The first-order valence-electron chi connectivity index (χ1n) is 5.61. The number of aryl methyl sites for hydroxylation is 1. The number of anilines is 2. The Kier molecular flexibility index (Phi) is 3.45. The van der Waals surface area contributed by atoms with Gasteiger partial charge in [-0.05, 0) is 42.8 Å². The van der Waals surface area contributed by atoms with Gasteiger partial charge in [0.1, 0.15) is 11.9 Å². The standard InChI is InChI=1S/C15H10FN3/c1-10-2-3-11(8-17)6-15(10)19-13-5-4-12(9-18)14(16)7-13/h2-7,19H,1H3. The van der Waals surface area contributed by atoms with E-state index in [-0.39, 0.29) is 5.56 Å². The van der Waals surface area contributed by atoms with Crippen LogP contribution in [0.15, 0.2) is 36.4 Å². The molecule has 0 bridgehead atoms. The summed E-state index contributed by atoms with van der Waals surface area (Å²) in [4.78, 5) is 0. The van der Waals surface area contributed by atoms with E-state index >= 15 is 0 Å². The predicted molar refractivity (Wildman–Crippen MR) is 70.3 cm³/mol. The van der Waals surface area contributed by atoms with E-state index < -0.39 is 5.82 Å². The van der Waals surface area contributed by atoms with E-state index in [0.717, 1.165) is 11.3 Å². The molecule has 0 unspecified atom stereocenters. The minimum Gasteiger partial charge on any atom is -0.355 e. The number of nitrogens with zero attached hydrogens (tertiary/aromatic N) is 2. The molecule has 0 heterocycles. The van der Waals surface area contributed by atoms with Crippen LogP contribution in [-0.2, 0) is 0 Å². The fraction of sp³-hybridized carbons (Fsp3) is 0.0667. The second-order valence-corrected chi connectivity index (χ2v) is 4.07. The predicted octanol–water partition coefficient (Wildman–Crippen LogP) is 3.62. The average Bonchev–Trinajstić information content (AvgIpc) is 2.41. The molecule has 0 aliphatic carbocycles. The third-order valence-electron chi connectivity index (χ3n) is 2.74. The minimum atomic E-state index is -0.568. The van der Waals surface area contributed by atoms with Crippen LogP contribution in [0, 0.1) is 35.4 Å². The Morgan fingerprint density at radius 2 is 1.84 bits per heavy atom. The number of nitrogens with one attached hydrogen (secondary N) is 1. The molecule has 4 heteroatoms. The molecular weight excluding hydrogens is 241 g/mol. The Morgan fingerprint density at radius 3 is 2.47 bits per heavy atom. The van der Waals surface area contributed by atoms with E-state index in [0.29, 0.717) is 11.3 Å². The highest BCUT2D eigenvalue weighted by atomic mass is 19.1. The van der Waals surface area contributed by atoms with Crippen molar-refractivity contribution >= 4 is 11.4 Å². The third kappa shape index (κ3) is 2.70. The Morgan fingerprint density at radius 1 is 1.05 bits per heavy atom. The molecule has 0 saturated carbocycles. The number of halogens is 1. The molecule has 0 radical (unpaired) electrons. The molecule has 0 spiro atoms. The van der Waals surface area contributed by atoms with E-state index in [4.69, 9.17) is 10.5 Å². The molecule has 2 aromatic rings. The largest absolute Gasteiger partial charge is 0.355 e. The molecule has 92 valence electrons. The van der Waals surface area contributed by atoms with E-state index in [1.165, 1.54) is 12.1 Å². The van der Waals surface area contributed by atoms with Crippen molar-refractivity contribution in [3.8, 4) is 12.1 Å². The Bertz CT molecular complexity index is 708. The summed E-state index contributed by atoms with van der Waals surface area (Å²) in [5, 5.41) is 20.6. The first kappa shape index (κ1) is 12.6. The van der Waals surface area contributed by atoms with Gasteiger partial charge >= 0.3 is 0 Å². The van der Waals surface area contributed by atoms with Crippen LogP contribution in [0.2, 0.25) is 0 Å². The highest BCUT2D eigenvalue weighted by molar-refractivity contribution is 5.65. The summed E-state index contributed by atoms with van der Waals surface area (Å²) in [6.45, 7) is 1.89. The van der Waals surface area contributed by atoms with Gasteiger partial charge in [0, 0.05) is 11.4 Å². The van der Waals surface area contributed by atoms with Crippen LogP contribution in [0.1, 0.15) is 16.7 Å². The van der Waals surface area contributed by atoms with Crippen LogP contribution in [0.3, 0.4) is 0 Å². The molecule has 0 amide bonds. The minimum absolute atomic E-state index is 0.00745. The molecule has 1 N–H and O–H groups in total. The van der Waals surface area contributed by atoms with Gasteiger partial charge in [0.25, 0.3) is 0 Å². The van der Waals surface area contributed by atoms with Crippen molar-refractivity contribution in [3.63, 3.8) is 0 Å². The maximum atomic E-state index is 13.5. The van der Waals surface area contributed by atoms with Gasteiger partial charge in [0.15, 0.2) is 0 Å². The summed E-state index contributed by atoms with van der Waals surface area (Å²) < 4.78 is 13.5. The SMILES string of the molecule is Cc1ccc(C#N)cc1Nc1ccc(C#N)c(F)c1. The molecule has 0 saturated heterocycles. The zero-order valence-electron chi connectivity index (χ0n) is 10.2. The van der Waals surface area contributed by atoms with Crippen molar-refractivity contribution in [1.29, 1.82) is 10.5 Å². The summed E-state index contributed by atoms with van der Waals surface area (Å²) in [6, 6.07) is 13.4. The lowest BCUT2D eigenvalue weighted by Crippen LogP contribution is -1.95. The average molecular weight is 251 g/mol. The second-order valence-electron chi connectivity index (χ2n) is 4.07. The van der Waals surface area contributed by atoms with Gasteiger partial charge in [-0.1, -0.05) is 6.07 Å². The number of benzene rings is 2. The van der Waals surface area contributed by atoms with Crippen LogP contribution in [0.25, 0.3) is 0 Å². The summed E-state index contributed by atoms with van der Waals surface area (Å²) in [5.74, 6) is -0.568. The van der Waals surface area contributed by atoms with E-state index in [2.05, 4.69) is 11.4 Å². The molecular formula is C15H10FN3. The molecule has 19 heavy (non-hydrogen) atoms. The maximum Gasteiger partial charge on any atom is 0.143 e. The third-order valence-corrected chi connectivity index (χ3v) is 2.74. The quantitative estimate of drug-likeness (QED) is 0.886. The van der Waals surface area contributed by atoms with Gasteiger partial charge in [0.2, 0.25) is 0 Å². The van der Waals surface area contributed by atoms with E-state index in [1.807, 2.05) is 13.0 Å². The van der Waals surface area contributed by atoms with Crippen LogP contribution in [-0.4, -0.2) is 0 Å². The van der Waals surface area contributed by atoms with Crippen LogP contribution in [0.5, 0.6) is 0 Å². The van der Waals surface area contributed by atoms with Crippen molar-refractivity contribution in [1.82, 2.24) is 0 Å². The van der Waals surface area contributed by atoms with Gasteiger partial charge in [-0.3, -0.25) is 0 Å². The fourth-order valence-electron chi connectivity index (χ4n) is 1.67. The number of hydrogen-bond acceptors (Lipinski definition) is 3. The molecule has 2 rings (SSSR count). The monoisotopic (exact) mass is 251 g/mol. The smallest absolute Gasteiger partial charge is 0.143 e. The van der Waals surface area contributed by atoms with Gasteiger partial charge in [0.05, 0.1) is 17.2 Å². The van der Waals surface area contributed by atoms with Crippen molar-refractivity contribution < 1.29 is 4.39 Å². The summed E-state index contributed by atoms with van der Waals surface area (Å²) in [5.41, 5.74) is 2.76. The maximum absolute atomic E-state index is 13.5. The fourth-order valence-corrected chi connectivity index (χ4v) is 1.67. The van der Waals surface area contributed by atoms with Crippen molar-refractivity contribution in [2.45, 2.75) is 6.92 Å². The molecule has 3 nitrogen and oxygen atoms in total. The van der Waals surface area contributed by atoms with Crippen molar-refractivity contribution in [3.05, 3.63) is 58.9 Å². The van der Waals surface area contributed by atoms with Gasteiger partial charge in [-0.25, -0.2) is 4.39 Å². The van der Waals surface area contributed by atoms with E-state index in [1.54, 1.807) is 24.3 Å². The van der Waals surface area contributed by atoms with Gasteiger partial charge in [-0.2, -0.15) is 10.5 Å². The zero-order valence-corrected chi connectivity index (χ0v) is 10.2. The van der Waals surface area contributed by atoms with Crippen molar-refractivity contribution in [2.24, 2.45) is 0 Å². The van der Waals surface area contributed by atoms with Crippen molar-refractivity contribution in [2.75, 3.05) is 5.32 Å². The van der Waals surface area contributed by atoms with Gasteiger partial charge < -0.3 is 5.32 Å². The lowest BCUT2D eigenvalue weighted by molar-refractivity contribution is 0.624. The van der Waals surface area contributed by atoms with Crippen LogP contribution >= 0.6 is 0 Å². The lowest BCUT2D eigenvalue weighted by Gasteiger charge is -2.10. The molecule has 0 aromatic heterocycles. The number of hydrogen-bond donors (Lipinski definition) is 1. The molecule has 0 fully saturated rings. The molecule has 0 aliphatic rings. The number of nitriles is 2. The topological polar surface area (TPSA) is 59.6 Å².